The molecule has 0 saturated carbocycles. The minimum atomic E-state index is 0.676. The van der Waals surface area contributed by atoms with Crippen molar-refractivity contribution in [2.24, 2.45) is 0 Å². The number of fused-ring (bicyclic) bond motifs is 6. The number of pyridine rings is 1. The SMILES string of the molecule is c1ccc(-c2cc(-c3ccccc3)nc(-c3cccc(-c4nc5ccccc5c5cc6c(cc45)c4ccccc4n6-c4ccccc4)c3)n2)cc1. The maximum Gasteiger partial charge on any atom is 0.160 e. The summed E-state index contributed by atoms with van der Waals surface area (Å²) in [7, 11) is 0. The van der Waals surface area contributed by atoms with Gasteiger partial charge in [0.2, 0.25) is 0 Å². The largest absolute Gasteiger partial charge is 0.309 e. The van der Waals surface area contributed by atoms with Gasteiger partial charge in [-0.05, 0) is 53.9 Å². The zero-order valence-corrected chi connectivity index (χ0v) is 27.6. The van der Waals surface area contributed by atoms with Crippen molar-refractivity contribution in [1.29, 1.82) is 0 Å². The second kappa shape index (κ2) is 11.9. The Hall–Kier alpha value is -6.91. The average molecular weight is 651 g/mol. The van der Waals surface area contributed by atoms with Crippen LogP contribution in [0.5, 0.6) is 0 Å². The first kappa shape index (κ1) is 29.0. The van der Waals surface area contributed by atoms with Gasteiger partial charge in [0, 0.05) is 49.5 Å². The van der Waals surface area contributed by atoms with E-state index in [1.165, 1.54) is 27.2 Å². The van der Waals surface area contributed by atoms with Crippen LogP contribution in [-0.4, -0.2) is 19.5 Å². The molecular weight excluding hydrogens is 621 g/mol. The second-order valence-corrected chi connectivity index (χ2v) is 12.9. The molecule has 0 saturated heterocycles. The van der Waals surface area contributed by atoms with Crippen LogP contribution < -0.4 is 0 Å². The third-order valence-electron chi connectivity index (χ3n) is 9.77. The monoisotopic (exact) mass is 650 g/mol. The molecule has 0 aliphatic rings. The van der Waals surface area contributed by atoms with Crippen molar-refractivity contribution in [2.75, 3.05) is 0 Å². The van der Waals surface area contributed by atoms with E-state index in [1.807, 2.05) is 36.4 Å². The van der Waals surface area contributed by atoms with Crippen LogP contribution in [0.4, 0.5) is 0 Å². The number of aromatic nitrogens is 4. The molecule has 10 rings (SSSR count). The molecule has 4 heteroatoms. The van der Waals surface area contributed by atoms with Crippen LogP contribution in [0.15, 0.2) is 182 Å². The molecule has 0 aliphatic carbocycles. The number of nitrogens with zero attached hydrogens (tertiary/aromatic N) is 4. The van der Waals surface area contributed by atoms with E-state index in [-0.39, 0.29) is 0 Å². The van der Waals surface area contributed by atoms with Crippen molar-refractivity contribution in [3.05, 3.63) is 182 Å². The molecular formula is C47H30N4. The van der Waals surface area contributed by atoms with Crippen LogP contribution in [0.2, 0.25) is 0 Å². The van der Waals surface area contributed by atoms with Crippen LogP contribution >= 0.6 is 0 Å². The number of benzene rings is 7. The molecule has 0 aliphatic heterocycles. The summed E-state index contributed by atoms with van der Waals surface area (Å²) >= 11 is 0. The van der Waals surface area contributed by atoms with Crippen molar-refractivity contribution in [1.82, 2.24) is 19.5 Å². The third-order valence-corrected chi connectivity index (χ3v) is 9.77. The summed E-state index contributed by atoms with van der Waals surface area (Å²) in [5.74, 6) is 0.676. The van der Waals surface area contributed by atoms with Crippen LogP contribution in [0, 0.1) is 0 Å². The summed E-state index contributed by atoms with van der Waals surface area (Å²) in [4.78, 5) is 15.6. The highest BCUT2D eigenvalue weighted by atomic mass is 15.0. The summed E-state index contributed by atoms with van der Waals surface area (Å²) in [6.45, 7) is 0. The van der Waals surface area contributed by atoms with Gasteiger partial charge in [0.25, 0.3) is 0 Å². The normalized spacial score (nSPS) is 11.5. The lowest BCUT2D eigenvalue weighted by molar-refractivity contribution is 1.18. The summed E-state index contributed by atoms with van der Waals surface area (Å²) in [6.07, 6.45) is 0. The molecule has 0 bridgehead atoms. The fraction of sp³-hybridized carbons (Fsp3) is 0. The number of para-hydroxylation sites is 3. The molecule has 0 radical (unpaired) electrons. The molecule has 0 unspecified atom stereocenters. The van der Waals surface area contributed by atoms with Gasteiger partial charge in [-0.1, -0.05) is 133 Å². The predicted octanol–water partition coefficient (Wildman–Crippen LogP) is 11.9. The summed E-state index contributed by atoms with van der Waals surface area (Å²) in [5.41, 5.74) is 11.2. The summed E-state index contributed by atoms with van der Waals surface area (Å²) < 4.78 is 2.38. The van der Waals surface area contributed by atoms with Gasteiger partial charge >= 0.3 is 0 Å². The lowest BCUT2D eigenvalue weighted by atomic mass is 9.97. The van der Waals surface area contributed by atoms with Gasteiger partial charge in [-0.25, -0.2) is 15.0 Å². The summed E-state index contributed by atoms with van der Waals surface area (Å²) in [5, 5.41) is 5.82. The number of hydrogen-bond acceptors (Lipinski definition) is 3. The number of hydrogen-bond donors (Lipinski definition) is 0. The fourth-order valence-electron chi connectivity index (χ4n) is 7.38. The van der Waals surface area contributed by atoms with E-state index in [9.17, 15) is 0 Å². The molecule has 4 nitrogen and oxygen atoms in total. The van der Waals surface area contributed by atoms with Gasteiger partial charge < -0.3 is 4.57 Å². The quantitative estimate of drug-likeness (QED) is 0.174. The molecule has 3 aromatic heterocycles. The maximum atomic E-state index is 5.34. The summed E-state index contributed by atoms with van der Waals surface area (Å²) in [6, 6.07) is 63.7. The van der Waals surface area contributed by atoms with Crippen molar-refractivity contribution < 1.29 is 0 Å². The van der Waals surface area contributed by atoms with Crippen LogP contribution in [-0.2, 0) is 0 Å². The zero-order chi connectivity index (χ0) is 33.7. The smallest absolute Gasteiger partial charge is 0.160 e. The van der Waals surface area contributed by atoms with Gasteiger partial charge in [0.1, 0.15) is 0 Å². The Bertz CT molecular complexity index is 2840. The van der Waals surface area contributed by atoms with Crippen LogP contribution in [0.3, 0.4) is 0 Å². The van der Waals surface area contributed by atoms with Crippen molar-refractivity contribution in [2.45, 2.75) is 0 Å². The number of rotatable bonds is 5. The first-order valence-corrected chi connectivity index (χ1v) is 17.2. The fourth-order valence-corrected chi connectivity index (χ4v) is 7.38. The topological polar surface area (TPSA) is 43.6 Å². The Morgan fingerprint density at radius 2 is 0.922 bits per heavy atom. The molecule has 7 aromatic carbocycles. The lowest BCUT2D eigenvalue weighted by Crippen LogP contribution is -1.97. The van der Waals surface area contributed by atoms with Gasteiger partial charge in [0.15, 0.2) is 5.82 Å². The van der Waals surface area contributed by atoms with Gasteiger partial charge in [0.05, 0.1) is 33.6 Å². The molecule has 0 N–H and O–H groups in total. The Morgan fingerprint density at radius 1 is 0.333 bits per heavy atom. The Kier molecular flexibility index (Phi) is 6.78. The van der Waals surface area contributed by atoms with Crippen LogP contribution in [0.25, 0.3) is 94.3 Å². The van der Waals surface area contributed by atoms with E-state index in [0.717, 1.165) is 61.3 Å². The molecule has 0 fully saturated rings. The van der Waals surface area contributed by atoms with E-state index in [2.05, 4.69) is 150 Å². The minimum absolute atomic E-state index is 0.676. The highest BCUT2D eigenvalue weighted by molar-refractivity contribution is 6.20. The van der Waals surface area contributed by atoms with E-state index < -0.39 is 0 Å². The Labute approximate surface area is 295 Å². The second-order valence-electron chi connectivity index (χ2n) is 12.9. The average Bonchev–Trinajstić information content (AvgIpc) is 3.54. The van der Waals surface area contributed by atoms with Gasteiger partial charge in [-0.2, -0.15) is 0 Å². The highest BCUT2D eigenvalue weighted by Crippen LogP contribution is 2.40. The van der Waals surface area contributed by atoms with Crippen molar-refractivity contribution in [3.8, 4) is 50.8 Å². The van der Waals surface area contributed by atoms with Crippen molar-refractivity contribution >= 4 is 43.5 Å². The molecule has 0 spiro atoms. The molecule has 0 amide bonds. The first-order chi connectivity index (χ1) is 25.3. The van der Waals surface area contributed by atoms with E-state index >= 15 is 0 Å². The molecule has 3 heterocycles. The van der Waals surface area contributed by atoms with Crippen LogP contribution in [0.1, 0.15) is 0 Å². The molecule has 0 atom stereocenters. The highest BCUT2D eigenvalue weighted by Gasteiger charge is 2.18. The maximum absolute atomic E-state index is 5.34. The molecule has 238 valence electrons. The third kappa shape index (κ3) is 4.96. The van der Waals surface area contributed by atoms with E-state index in [4.69, 9.17) is 15.0 Å². The van der Waals surface area contributed by atoms with Gasteiger partial charge in [-0.3, -0.25) is 0 Å². The van der Waals surface area contributed by atoms with Crippen molar-refractivity contribution in [3.63, 3.8) is 0 Å². The lowest BCUT2D eigenvalue weighted by Gasteiger charge is -2.13. The molecule has 51 heavy (non-hydrogen) atoms. The first-order valence-electron chi connectivity index (χ1n) is 17.2. The van der Waals surface area contributed by atoms with Gasteiger partial charge in [-0.15, -0.1) is 0 Å². The predicted molar refractivity (Wildman–Crippen MR) is 211 cm³/mol. The molecule has 10 aromatic rings. The zero-order valence-electron chi connectivity index (χ0n) is 27.6. The Morgan fingerprint density at radius 3 is 1.65 bits per heavy atom. The standard InChI is InChI=1S/C47H30N4/c1-4-15-31(16-5-1)42-30-43(32-17-6-2-7-18-32)50-47(49-42)34-20-14-19-33(27-34)46-40-28-39-37-24-11-13-26-44(37)51(35-21-8-3-9-22-35)45(39)29-38(40)36-23-10-12-25-41(36)48-46/h1-30H. The minimum Gasteiger partial charge on any atom is -0.309 e. The van der Waals surface area contributed by atoms with E-state index in [1.54, 1.807) is 0 Å². The van der Waals surface area contributed by atoms with E-state index in [0.29, 0.717) is 5.82 Å². The Balaban J connectivity index is 1.22.